The van der Waals surface area contributed by atoms with Crippen LogP contribution < -0.4 is 4.74 Å². The van der Waals surface area contributed by atoms with Gasteiger partial charge in [0.1, 0.15) is 11.5 Å². The predicted octanol–water partition coefficient (Wildman–Crippen LogP) is 7.87. The minimum Gasteiger partial charge on any atom is -0.493 e. The minimum atomic E-state index is -4.34. The van der Waals surface area contributed by atoms with Crippen LogP contribution in [0.4, 0.5) is 13.2 Å². The number of ketones is 1. The molecule has 1 saturated carbocycles. The number of benzene rings is 2. The molecule has 0 unspecified atom stereocenters. The van der Waals surface area contributed by atoms with Gasteiger partial charge >= 0.3 is 6.18 Å². The summed E-state index contributed by atoms with van der Waals surface area (Å²) in [6.07, 6.45) is 1.15. The lowest BCUT2D eigenvalue weighted by atomic mass is 9.72. The molecule has 0 amide bonds. The second-order valence-electron chi connectivity index (χ2n) is 9.25. The Morgan fingerprint density at radius 2 is 1.44 bits per heavy atom. The first-order valence-electron chi connectivity index (χ1n) is 11.2. The van der Waals surface area contributed by atoms with E-state index in [-0.39, 0.29) is 11.7 Å². The smallest absolute Gasteiger partial charge is 0.416 e. The summed E-state index contributed by atoms with van der Waals surface area (Å²) >= 11 is 5.99. The topological polar surface area (TPSA) is 26.3 Å². The van der Waals surface area contributed by atoms with Gasteiger partial charge in [-0.2, -0.15) is 13.2 Å². The molecule has 3 rings (SSSR count). The lowest BCUT2D eigenvalue weighted by molar-refractivity contribution is -0.137. The van der Waals surface area contributed by atoms with Crippen LogP contribution in [0.2, 0.25) is 5.02 Å². The Morgan fingerprint density at radius 1 is 0.906 bits per heavy atom. The summed E-state index contributed by atoms with van der Waals surface area (Å²) in [6, 6.07) is 12.4. The molecule has 32 heavy (non-hydrogen) atoms. The molecule has 0 atom stereocenters. The standard InChI is InChI=1S/C26H30ClF3O2/c1-25(2,20-9-13-22(27)14-10-20)24(31)19-7-3-5-18(6-4-8-19)17-32-23-15-11-21(12-16-23)26(28,29)30/h9-16,18-19H,3-8,17H2,1-2H3. The molecule has 0 saturated heterocycles. The average molecular weight is 467 g/mol. The molecule has 0 spiro atoms. The number of Topliss-reactive ketones (excluding diaryl/α,β-unsaturated/α-hetero) is 1. The molecule has 0 heterocycles. The highest BCUT2D eigenvalue weighted by molar-refractivity contribution is 6.30. The Morgan fingerprint density at radius 3 is 1.97 bits per heavy atom. The summed E-state index contributed by atoms with van der Waals surface area (Å²) in [4.78, 5) is 13.3. The largest absolute Gasteiger partial charge is 0.493 e. The third-order valence-electron chi connectivity index (χ3n) is 6.55. The molecular weight excluding hydrogens is 437 g/mol. The Hall–Kier alpha value is -2.01. The number of hydrogen-bond donors (Lipinski definition) is 0. The average Bonchev–Trinajstić information content (AvgIpc) is 2.72. The number of ether oxygens (including phenoxy) is 1. The Labute approximate surface area is 193 Å². The molecule has 2 nitrogen and oxygen atoms in total. The van der Waals surface area contributed by atoms with Crippen molar-refractivity contribution in [3.05, 3.63) is 64.7 Å². The van der Waals surface area contributed by atoms with Crippen molar-refractivity contribution in [3.63, 3.8) is 0 Å². The van der Waals surface area contributed by atoms with Gasteiger partial charge in [-0.3, -0.25) is 4.79 Å². The fourth-order valence-electron chi connectivity index (χ4n) is 4.50. The fourth-order valence-corrected chi connectivity index (χ4v) is 4.62. The van der Waals surface area contributed by atoms with E-state index in [1.165, 1.54) is 12.1 Å². The zero-order chi connectivity index (χ0) is 23.4. The molecule has 2 aromatic carbocycles. The first-order valence-corrected chi connectivity index (χ1v) is 11.6. The van der Waals surface area contributed by atoms with Gasteiger partial charge in [-0.1, -0.05) is 36.6 Å². The van der Waals surface area contributed by atoms with Crippen LogP contribution >= 0.6 is 11.6 Å². The van der Waals surface area contributed by atoms with E-state index in [1.54, 1.807) is 0 Å². The first-order chi connectivity index (χ1) is 15.1. The van der Waals surface area contributed by atoms with E-state index in [2.05, 4.69) is 0 Å². The molecule has 174 valence electrons. The maximum atomic E-state index is 13.3. The molecule has 1 fully saturated rings. The molecule has 0 N–H and O–H groups in total. The second-order valence-corrected chi connectivity index (χ2v) is 9.69. The summed E-state index contributed by atoms with van der Waals surface area (Å²) in [5.41, 5.74) is -0.246. The summed E-state index contributed by atoms with van der Waals surface area (Å²) < 4.78 is 43.8. The zero-order valence-electron chi connectivity index (χ0n) is 18.6. The van der Waals surface area contributed by atoms with Gasteiger partial charge in [-0.05, 0) is 87.4 Å². The van der Waals surface area contributed by atoms with Crippen molar-refractivity contribution in [2.45, 2.75) is 64.0 Å². The van der Waals surface area contributed by atoms with Crippen LogP contribution in [0.25, 0.3) is 0 Å². The van der Waals surface area contributed by atoms with Crippen LogP contribution in [-0.2, 0) is 16.4 Å². The highest BCUT2D eigenvalue weighted by Gasteiger charge is 2.35. The third kappa shape index (κ3) is 6.28. The molecule has 0 aromatic heterocycles. The maximum Gasteiger partial charge on any atom is 0.416 e. The highest BCUT2D eigenvalue weighted by atomic mass is 35.5. The van der Waals surface area contributed by atoms with Crippen LogP contribution in [0.3, 0.4) is 0 Å². The Balaban J connectivity index is 1.51. The van der Waals surface area contributed by atoms with Crippen LogP contribution in [-0.4, -0.2) is 12.4 Å². The van der Waals surface area contributed by atoms with Crippen molar-refractivity contribution in [2.24, 2.45) is 11.8 Å². The van der Waals surface area contributed by atoms with Crippen molar-refractivity contribution in [3.8, 4) is 5.75 Å². The van der Waals surface area contributed by atoms with Gasteiger partial charge in [-0.25, -0.2) is 0 Å². The van der Waals surface area contributed by atoms with Crippen molar-refractivity contribution in [1.29, 1.82) is 0 Å². The minimum absolute atomic E-state index is 0.0393. The van der Waals surface area contributed by atoms with Crippen LogP contribution in [0, 0.1) is 11.8 Å². The van der Waals surface area contributed by atoms with Crippen LogP contribution in [0.1, 0.15) is 63.5 Å². The zero-order valence-corrected chi connectivity index (χ0v) is 19.3. The summed E-state index contributed by atoms with van der Waals surface area (Å²) in [5.74, 6) is 1.12. The monoisotopic (exact) mass is 466 g/mol. The molecule has 1 aliphatic carbocycles. The van der Waals surface area contributed by atoms with Crippen molar-refractivity contribution in [2.75, 3.05) is 6.61 Å². The molecule has 1 aliphatic rings. The second kappa shape index (κ2) is 10.3. The Bertz CT molecular complexity index is 879. The molecule has 6 heteroatoms. The number of hydrogen-bond acceptors (Lipinski definition) is 2. The Kier molecular flexibility index (Phi) is 7.92. The number of alkyl halides is 3. The number of carbonyl (C=O) groups excluding carboxylic acids is 1. The summed E-state index contributed by atoms with van der Waals surface area (Å²) in [6.45, 7) is 4.45. The van der Waals surface area contributed by atoms with Gasteiger partial charge in [-0.15, -0.1) is 0 Å². The molecular formula is C26H30ClF3O2. The molecule has 0 radical (unpaired) electrons. The van der Waals surface area contributed by atoms with E-state index in [0.29, 0.717) is 23.3 Å². The number of halogens is 4. The van der Waals surface area contributed by atoms with Gasteiger partial charge in [0.25, 0.3) is 0 Å². The number of rotatable bonds is 6. The summed E-state index contributed by atoms with van der Waals surface area (Å²) in [7, 11) is 0. The predicted molar refractivity (Wildman–Crippen MR) is 121 cm³/mol. The molecule has 0 aliphatic heterocycles. The summed E-state index contributed by atoms with van der Waals surface area (Å²) in [5, 5.41) is 0.660. The van der Waals surface area contributed by atoms with Crippen LogP contribution in [0.5, 0.6) is 5.75 Å². The van der Waals surface area contributed by atoms with Crippen molar-refractivity contribution < 1.29 is 22.7 Å². The van der Waals surface area contributed by atoms with E-state index in [9.17, 15) is 18.0 Å². The van der Waals surface area contributed by atoms with E-state index in [1.807, 2.05) is 38.1 Å². The van der Waals surface area contributed by atoms with Crippen molar-refractivity contribution in [1.82, 2.24) is 0 Å². The molecule has 0 bridgehead atoms. The van der Waals surface area contributed by atoms with Crippen LogP contribution in [0.15, 0.2) is 48.5 Å². The SMILES string of the molecule is CC(C)(C(=O)C1CCCC(COc2ccc(C(F)(F)F)cc2)CCC1)c1ccc(Cl)cc1. The fraction of sp³-hybridized carbons (Fsp3) is 0.500. The third-order valence-corrected chi connectivity index (χ3v) is 6.80. The van der Waals surface area contributed by atoms with E-state index < -0.39 is 17.2 Å². The van der Waals surface area contributed by atoms with Gasteiger partial charge in [0.15, 0.2) is 0 Å². The van der Waals surface area contributed by atoms with E-state index in [0.717, 1.165) is 56.2 Å². The highest BCUT2D eigenvalue weighted by Crippen LogP contribution is 2.35. The lowest BCUT2D eigenvalue weighted by Crippen LogP contribution is -2.35. The van der Waals surface area contributed by atoms with Gasteiger partial charge in [0, 0.05) is 16.4 Å². The first kappa shape index (κ1) is 24.6. The maximum absolute atomic E-state index is 13.3. The van der Waals surface area contributed by atoms with Gasteiger partial charge in [0.2, 0.25) is 0 Å². The number of carbonyl (C=O) groups is 1. The lowest BCUT2D eigenvalue weighted by Gasteiger charge is -2.31. The van der Waals surface area contributed by atoms with E-state index in [4.69, 9.17) is 16.3 Å². The molecule has 2 aromatic rings. The quantitative estimate of drug-likeness (QED) is 0.433. The van der Waals surface area contributed by atoms with Gasteiger partial charge in [0.05, 0.1) is 12.2 Å². The van der Waals surface area contributed by atoms with E-state index >= 15 is 0 Å². The van der Waals surface area contributed by atoms with Gasteiger partial charge < -0.3 is 4.74 Å². The normalized spacial score (nSPS) is 20.3. The van der Waals surface area contributed by atoms with Crippen molar-refractivity contribution >= 4 is 17.4 Å².